The molecule has 1 heterocycles. The molecule has 1 aliphatic rings. The molecule has 0 radical (unpaired) electrons. The zero-order valence-corrected chi connectivity index (χ0v) is 18.0. The molecule has 0 bridgehead atoms. The molecule has 0 aliphatic carbocycles. The fourth-order valence-electron chi connectivity index (χ4n) is 3.13. The molecule has 2 amide bonds. The molecule has 3 rings (SSSR count). The Labute approximate surface area is 181 Å². The molecule has 2 aromatic carbocycles. The van der Waals surface area contributed by atoms with Gasteiger partial charge in [0.2, 0.25) is 0 Å². The monoisotopic (exact) mass is 426 g/mol. The summed E-state index contributed by atoms with van der Waals surface area (Å²) in [6.07, 6.45) is 0. The van der Waals surface area contributed by atoms with Crippen molar-refractivity contribution in [3.8, 4) is 5.75 Å². The number of hydrogen-bond acceptors (Lipinski definition) is 5. The Hall–Kier alpha value is -2.93. The lowest BCUT2D eigenvalue weighted by atomic mass is 9.95. The van der Waals surface area contributed by atoms with Crippen LogP contribution in [0, 0.1) is 0 Å². The van der Waals surface area contributed by atoms with Crippen LogP contribution in [0.3, 0.4) is 0 Å². The second-order valence-corrected chi connectivity index (χ2v) is 8.14. The zero-order chi connectivity index (χ0) is 21.3. The number of nitrogens with one attached hydrogen (secondary N) is 2. The van der Waals surface area contributed by atoms with Gasteiger partial charge in [0.05, 0.1) is 11.6 Å². The predicted octanol–water partition coefficient (Wildman–Crippen LogP) is 4.19. The summed E-state index contributed by atoms with van der Waals surface area (Å²) < 4.78 is 11.2. The minimum Gasteiger partial charge on any atom is -0.489 e. The van der Waals surface area contributed by atoms with Gasteiger partial charge in [-0.25, -0.2) is 9.59 Å². The van der Waals surface area contributed by atoms with Gasteiger partial charge in [0.25, 0.3) is 0 Å². The maximum absolute atomic E-state index is 12.7. The van der Waals surface area contributed by atoms with Crippen LogP contribution in [-0.4, -0.2) is 30.1 Å². The third-order valence-corrected chi connectivity index (χ3v) is 5.48. The first-order chi connectivity index (χ1) is 14.6. The van der Waals surface area contributed by atoms with E-state index in [9.17, 15) is 9.59 Å². The molecule has 158 valence electrons. The molecule has 6 nitrogen and oxygen atoms in total. The van der Waals surface area contributed by atoms with Crippen molar-refractivity contribution in [2.24, 2.45) is 0 Å². The SMILES string of the molecule is CCSCCOC(=O)C1=C(C)NC(=O)N[C@H]1c1ccc(OCc2ccccc2)cc1. The fourth-order valence-corrected chi connectivity index (χ4v) is 3.62. The van der Waals surface area contributed by atoms with E-state index in [-0.39, 0.29) is 6.03 Å². The lowest BCUT2D eigenvalue weighted by Gasteiger charge is -2.28. The average Bonchev–Trinajstić information content (AvgIpc) is 2.76. The second kappa shape index (κ2) is 10.7. The molecule has 0 unspecified atom stereocenters. The van der Waals surface area contributed by atoms with E-state index < -0.39 is 12.0 Å². The Kier molecular flexibility index (Phi) is 7.79. The summed E-state index contributed by atoms with van der Waals surface area (Å²) in [5.74, 6) is 2.00. The van der Waals surface area contributed by atoms with Gasteiger partial charge < -0.3 is 20.1 Å². The highest BCUT2D eigenvalue weighted by atomic mass is 32.2. The van der Waals surface area contributed by atoms with Crippen LogP contribution in [0.1, 0.15) is 31.0 Å². The fraction of sp³-hybridized carbons (Fsp3) is 0.304. The van der Waals surface area contributed by atoms with Crippen molar-refractivity contribution in [1.82, 2.24) is 10.6 Å². The highest BCUT2D eigenvalue weighted by Gasteiger charge is 2.32. The molecule has 2 N–H and O–H groups in total. The molecule has 7 heteroatoms. The summed E-state index contributed by atoms with van der Waals surface area (Å²) in [4.78, 5) is 24.7. The molecule has 30 heavy (non-hydrogen) atoms. The average molecular weight is 427 g/mol. The lowest BCUT2D eigenvalue weighted by Crippen LogP contribution is -2.45. The zero-order valence-electron chi connectivity index (χ0n) is 17.1. The summed E-state index contributed by atoms with van der Waals surface area (Å²) in [5.41, 5.74) is 2.78. The van der Waals surface area contributed by atoms with Crippen molar-refractivity contribution in [3.05, 3.63) is 77.0 Å². The molecule has 2 aromatic rings. The lowest BCUT2D eigenvalue weighted by molar-refractivity contribution is -0.138. The summed E-state index contributed by atoms with van der Waals surface area (Å²) >= 11 is 1.71. The normalized spacial score (nSPS) is 15.9. The second-order valence-electron chi connectivity index (χ2n) is 6.75. The van der Waals surface area contributed by atoms with Gasteiger partial charge in [-0.2, -0.15) is 11.8 Å². The first-order valence-electron chi connectivity index (χ1n) is 9.88. The van der Waals surface area contributed by atoms with Gasteiger partial charge in [0.15, 0.2) is 0 Å². The number of benzene rings is 2. The number of esters is 1. The molecule has 0 spiro atoms. The molecule has 0 aromatic heterocycles. The van der Waals surface area contributed by atoms with Crippen LogP contribution in [0.15, 0.2) is 65.9 Å². The van der Waals surface area contributed by atoms with Crippen molar-refractivity contribution in [3.63, 3.8) is 0 Å². The van der Waals surface area contributed by atoms with E-state index in [2.05, 4.69) is 17.6 Å². The maximum Gasteiger partial charge on any atom is 0.338 e. The molecule has 0 saturated heterocycles. The number of carbonyl (C=O) groups is 2. The van der Waals surface area contributed by atoms with Gasteiger partial charge in [-0.1, -0.05) is 49.4 Å². The number of hydrogen-bond donors (Lipinski definition) is 2. The van der Waals surface area contributed by atoms with E-state index in [0.717, 1.165) is 22.6 Å². The molecule has 0 saturated carbocycles. The Morgan fingerprint density at radius 2 is 1.83 bits per heavy atom. The van der Waals surface area contributed by atoms with Gasteiger partial charge in [-0.15, -0.1) is 0 Å². The first-order valence-corrected chi connectivity index (χ1v) is 11.0. The number of carbonyl (C=O) groups excluding carboxylic acids is 2. The summed E-state index contributed by atoms with van der Waals surface area (Å²) in [7, 11) is 0. The molecule has 1 atom stereocenters. The van der Waals surface area contributed by atoms with Crippen molar-refractivity contribution < 1.29 is 19.1 Å². The van der Waals surface area contributed by atoms with E-state index in [1.54, 1.807) is 18.7 Å². The number of amides is 2. The van der Waals surface area contributed by atoms with Crippen molar-refractivity contribution >= 4 is 23.8 Å². The number of ether oxygens (including phenoxy) is 2. The summed E-state index contributed by atoms with van der Waals surface area (Å²) in [6.45, 7) is 4.57. The van der Waals surface area contributed by atoms with E-state index >= 15 is 0 Å². The third-order valence-electron chi connectivity index (χ3n) is 4.62. The first kappa shape index (κ1) is 21.8. The third kappa shape index (κ3) is 5.79. The van der Waals surface area contributed by atoms with Crippen LogP contribution >= 0.6 is 11.8 Å². The van der Waals surface area contributed by atoms with Crippen LogP contribution in [0.4, 0.5) is 4.79 Å². The van der Waals surface area contributed by atoms with Crippen LogP contribution < -0.4 is 15.4 Å². The predicted molar refractivity (Wildman–Crippen MR) is 118 cm³/mol. The van der Waals surface area contributed by atoms with Crippen molar-refractivity contribution in [2.45, 2.75) is 26.5 Å². The number of rotatable bonds is 9. The van der Waals surface area contributed by atoms with Crippen LogP contribution in [0.5, 0.6) is 5.75 Å². The number of urea groups is 1. The molecular weight excluding hydrogens is 400 g/mol. The van der Waals surface area contributed by atoms with Gasteiger partial charge in [-0.05, 0) is 35.9 Å². The van der Waals surface area contributed by atoms with Gasteiger partial charge in [0, 0.05) is 11.4 Å². The summed E-state index contributed by atoms with van der Waals surface area (Å²) in [5, 5.41) is 5.48. The highest BCUT2D eigenvalue weighted by Crippen LogP contribution is 2.29. The Bertz CT molecular complexity index is 897. The van der Waals surface area contributed by atoms with Crippen LogP contribution in [0.25, 0.3) is 0 Å². The van der Waals surface area contributed by atoms with E-state index in [0.29, 0.717) is 30.2 Å². The smallest absolute Gasteiger partial charge is 0.338 e. The Morgan fingerprint density at radius 3 is 2.53 bits per heavy atom. The van der Waals surface area contributed by atoms with E-state index in [4.69, 9.17) is 9.47 Å². The minimum atomic E-state index is -0.576. The topological polar surface area (TPSA) is 76.7 Å². The maximum atomic E-state index is 12.7. The van der Waals surface area contributed by atoms with Gasteiger partial charge >= 0.3 is 12.0 Å². The Balaban J connectivity index is 1.70. The molecular formula is C23H26N2O4S. The van der Waals surface area contributed by atoms with Crippen LogP contribution in [-0.2, 0) is 16.1 Å². The number of allylic oxidation sites excluding steroid dienone is 1. The Morgan fingerprint density at radius 1 is 1.10 bits per heavy atom. The molecule has 1 aliphatic heterocycles. The number of thioether (sulfide) groups is 1. The van der Waals surface area contributed by atoms with E-state index in [1.165, 1.54) is 0 Å². The largest absolute Gasteiger partial charge is 0.489 e. The van der Waals surface area contributed by atoms with Gasteiger partial charge in [0.1, 0.15) is 19.0 Å². The summed E-state index contributed by atoms with van der Waals surface area (Å²) in [6, 6.07) is 16.4. The minimum absolute atomic E-state index is 0.334. The standard InChI is InChI=1S/C23H26N2O4S/c1-3-30-14-13-28-22(26)20-16(2)24-23(27)25-21(20)18-9-11-19(12-10-18)29-15-17-7-5-4-6-8-17/h4-12,21H,3,13-15H2,1-2H3,(H2,24,25,27)/t21-/m0/s1. The van der Waals surface area contributed by atoms with E-state index in [1.807, 2.05) is 54.6 Å². The molecule has 0 fully saturated rings. The van der Waals surface area contributed by atoms with Crippen LogP contribution in [0.2, 0.25) is 0 Å². The quantitative estimate of drug-likeness (QED) is 0.464. The highest BCUT2D eigenvalue weighted by molar-refractivity contribution is 7.99. The van der Waals surface area contributed by atoms with Crippen molar-refractivity contribution in [1.29, 1.82) is 0 Å². The van der Waals surface area contributed by atoms with Crippen molar-refractivity contribution in [2.75, 3.05) is 18.1 Å². The van der Waals surface area contributed by atoms with Gasteiger partial charge in [-0.3, -0.25) is 0 Å².